The van der Waals surface area contributed by atoms with Gasteiger partial charge in [0.1, 0.15) is 33.2 Å². The van der Waals surface area contributed by atoms with Gasteiger partial charge in [-0.15, -0.1) is 22.7 Å². The molecule has 1 saturated carbocycles. The van der Waals surface area contributed by atoms with Crippen LogP contribution in [0.25, 0.3) is 22.0 Å². The van der Waals surface area contributed by atoms with Crippen LogP contribution in [-0.2, 0) is 5.54 Å². The van der Waals surface area contributed by atoms with Crippen molar-refractivity contribution in [2.45, 2.75) is 32.4 Å². The Morgan fingerprint density at radius 1 is 1.10 bits per heavy atom. The smallest absolute Gasteiger partial charge is 0.405 e. The van der Waals surface area contributed by atoms with Gasteiger partial charge in [-0.05, 0) is 49.7 Å². The first kappa shape index (κ1) is 27.9. The Morgan fingerprint density at radius 2 is 1.81 bits per heavy atom. The summed E-state index contributed by atoms with van der Waals surface area (Å²) in [5.41, 5.74) is 3.33. The molecule has 2 fully saturated rings. The van der Waals surface area contributed by atoms with Crippen molar-refractivity contribution < 1.29 is 28.6 Å². The molecule has 2 amide bonds. The number of nitrogens with one attached hydrogen (secondary N) is 1. The van der Waals surface area contributed by atoms with Crippen LogP contribution in [0.4, 0.5) is 9.18 Å². The van der Waals surface area contributed by atoms with Gasteiger partial charge in [0, 0.05) is 48.9 Å². The number of hydrogen-bond acceptors (Lipinski definition) is 9. The molecule has 10 nitrogen and oxygen atoms in total. The van der Waals surface area contributed by atoms with E-state index in [0.717, 1.165) is 0 Å². The number of rotatable bonds is 8. The highest BCUT2D eigenvalue weighted by Gasteiger charge is 2.59. The summed E-state index contributed by atoms with van der Waals surface area (Å²) >= 11 is 2.59. The molecule has 1 aliphatic heterocycles. The number of nitrogens with zero attached hydrogens (tertiary/aromatic N) is 4. The largest absolute Gasteiger partial charge is 0.474 e. The van der Waals surface area contributed by atoms with Gasteiger partial charge in [0.15, 0.2) is 5.78 Å². The number of carbonyl (C=O) groups excluding carboxylic acids is 2. The molecule has 216 valence electrons. The first-order valence-corrected chi connectivity index (χ1v) is 14.9. The third kappa shape index (κ3) is 5.37. The fraction of sp³-hybridized carbons (Fsp3) is 0.310. The molecular weight excluding hydrogens is 581 g/mol. The average molecular weight is 608 g/mol. The minimum absolute atomic E-state index is 0.0885. The summed E-state index contributed by atoms with van der Waals surface area (Å²) in [6.45, 7) is 5.80. The van der Waals surface area contributed by atoms with Crippen LogP contribution < -0.4 is 10.1 Å². The van der Waals surface area contributed by atoms with Crippen molar-refractivity contribution >= 4 is 40.5 Å². The van der Waals surface area contributed by atoms with Crippen LogP contribution in [0.5, 0.6) is 5.88 Å². The average Bonchev–Trinajstić information content (AvgIpc) is 3.47. The van der Waals surface area contributed by atoms with Crippen LogP contribution in [0.1, 0.15) is 46.5 Å². The van der Waals surface area contributed by atoms with E-state index in [4.69, 9.17) is 4.74 Å². The zero-order valence-corrected chi connectivity index (χ0v) is 24.5. The minimum atomic E-state index is -1.17. The Balaban J connectivity index is 1.20. The molecule has 42 heavy (non-hydrogen) atoms. The number of ketones is 1. The summed E-state index contributed by atoms with van der Waals surface area (Å²) in [6, 6.07) is 9.34. The molecule has 4 aromatic rings. The summed E-state index contributed by atoms with van der Waals surface area (Å²) in [7, 11) is 0. The number of Topliss-reactive ketones (excluding diaryl/α,β-unsaturated/α-hetero) is 1. The summed E-state index contributed by atoms with van der Waals surface area (Å²) < 4.78 is 19.9. The number of fused-ring (bicyclic) bond motifs is 1. The molecule has 13 heteroatoms. The number of amides is 2. The lowest BCUT2D eigenvalue weighted by Crippen LogP contribution is -2.40. The van der Waals surface area contributed by atoms with Gasteiger partial charge >= 0.3 is 6.09 Å². The summed E-state index contributed by atoms with van der Waals surface area (Å²) in [6.07, 6.45) is -1.34. The van der Waals surface area contributed by atoms with Gasteiger partial charge in [0.2, 0.25) is 5.88 Å². The SMILES string of the molecule is CC(=O)c1nc(-c2cscn2)sc1C(=O)N1C[C@@H]2[C@H](C1)[C@@H]2Oc1cc(C(C)(C)NC(=O)O)cc(-c2ccc(F)cc2)n1. The third-order valence-corrected chi connectivity index (χ3v) is 9.20. The van der Waals surface area contributed by atoms with E-state index < -0.39 is 11.6 Å². The quantitative estimate of drug-likeness (QED) is 0.257. The standard InChI is InChI=1S/C29H26FN5O5S2/c1-14(36)23-25(42-26(33-23)21-12-41-13-31-21)27(37)35-10-18-19(11-35)24(18)40-22-9-16(29(2,3)34-28(38)39)8-20(32-22)15-4-6-17(30)7-5-15/h4-9,12-13,18-19,24,34H,10-11H2,1-3H3,(H,38,39)/t18-,19+,24-. The summed E-state index contributed by atoms with van der Waals surface area (Å²) in [5, 5.41) is 14.2. The van der Waals surface area contributed by atoms with Crippen molar-refractivity contribution in [1.82, 2.24) is 25.2 Å². The Hall–Kier alpha value is -4.23. The maximum absolute atomic E-state index is 13.6. The van der Waals surface area contributed by atoms with Crippen molar-refractivity contribution in [3.63, 3.8) is 0 Å². The van der Waals surface area contributed by atoms with Crippen molar-refractivity contribution in [3.8, 4) is 27.8 Å². The summed E-state index contributed by atoms with van der Waals surface area (Å²) in [4.78, 5) is 52.5. The van der Waals surface area contributed by atoms with Gasteiger partial charge in [0.25, 0.3) is 5.91 Å². The second kappa shape index (κ2) is 10.6. The number of aromatic nitrogens is 3. The molecular formula is C29H26FN5O5S2. The first-order chi connectivity index (χ1) is 20.0. The van der Waals surface area contributed by atoms with Crippen LogP contribution in [0, 0.1) is 17.7 Å². The second-order valence-corrected chi connectivity index (χ2v) is 12.6. The number of ether oxygens (including phenoxy) is 1. The van der Waals surface area contributed by atoms with Gasteiger partial charge in [-0.1, -0.05) is 0 Å². The third-order valence-electron chi connectivity index (χ3n) is 7.55. The Kier molecular flexibility index (Phi) is 7.01. The van der Waals surface area contributed by atoms with E-state index in [9.17, 15) is 23.9 Å². The molecule has 1 saturated heterocycles. The highest BCUT2D eigenvalue weighted by atomic mass is 32.1. The van der Waals surface area contributed by atoms with Gasteiger partial charge in [-0.2, -0.15) is 0 Å². The highest BCUT2D eigenvalue weighted by molar-refractivity contribution is 7.17. The molecule has 1 aliphatic carbocycles. The predicted molar refractivity (Wildman–Crippen MR) is 154 cm³/mol. The number of carboxylic acid groups (broad SMARTS) is 1. The Bertz CT molecular complexity index is 1680. The van der Waals surface area contributed by atoms with Gasteiger partial charge in [-0.3, -0.25) is 9.59 Å². The fourth-order valence-corrected chi connectivity index (χ4v) is 6.92. The molecule has 0 unspecified atom stereocenters. The topological polar surface area (TPSA) is 135 Å². The number of likely N-dealkylation sites (tertiary alicyclic amines) is 1. The van der Waals surface area contributed by atoms with Gasteiger partial charge < -0.3 is 20.1 Å². The van der Waals surface area contributed by atoms with E-state index in [-0.39, 0.29) is 41.1 Å². The molecule has 6 rings (SSSR count). The zero-order chi connectivity index (χ0) is 29.8. The predicted octanol–water partition coefficient (Wildman–Crippen LogP) is 5.32. The molecule has 3 aromatic heterocycles. The zero-order valence-electron chi connectivity index (χ0n) is 22.8. The minimum Gasteiger partial charge on any atom is -0.474 e. The molecule has 0 spiro atoms. The Morgan fingerprint density at radius 3 is 2.43 bits per heavy atom. The number of thiazole rings is 2. The monoisotopic (exact) mass is 607 g/mol. The van der Waals surface area contributed by atoms with Crippen LogP contribution in [0.15, 0.2) is 47.3 Å². The van der Waals surface area contributed by atoms with Crippen molar-refractivity contribution in [3.05, 3.63) is 69.2 Å². The molecule has 0 bridgehead atoms. The lowest BCUT2D eigenvalue weighted by Gasteiger charge is -2.26. The van der Waals surface area contributed by atoms with E-state index >= 15 is 0 Å². The number of piperidine rings is 1. The van der Waals surface area contributed by atoms with Gasteiger partial charge in [-0.25, -0.2) is 24.1 Å². The maximum atomic E-state index is 13.6. The maximum Gasteiger partial charge on any atom is 0.405 e. The van der Waals surface area contributed by atoms with Crippen LogP contribution >= 0.6 is 22.7 Å². The molecule has 1 aromatic carbocycles. The van der Waals surface area contributed by atoms with E-state index in [2.05, 4.69) is 20.3 Å². The van der Waals surface area contributed by atoms with Crippen molar-refractivity contribution in [1.29, 1.82) is 0 Å². The van der Waals surface area contributed by atoms with E-state index in [1.54, 1.807) is 48.5 Å². The van der Waals surface area contributed by atoms with E-state index in [1.165, 1.54) is 41.7 Å². The highest BCUT2D eigenvalue weighted by Crippen LogP contribution is 2.48. The molecule has 3 atom stereocenters. The van der Waals surface area contributed by atoms with Crippen molar-refractivity contribution in [2.75, 3.05) is 13.1 Å². The van der Waals surface area contributed by atoms with E-state index in [1.807, 2.05) is 5.38 Å². The Labute approximate surface area is 248 Å². The number of hydrogen-bond donors (Lipinski definition) is 2. The normalized spacial score (nSPS) is 19.3. The van der Waals surface area contributed by atoms with Crippen LogP contribution in [-0.4, -0.2) is 61.9 Å². The lowest BCUT2D eigenvalue weighted by molar-refractivity contribution is 0.0751. The molecule has 2 N–H and O–H groups in total. The number of benzene rings is 1. The molecule has 2 aliphatic rings. The summed E-state index contributed by atoms with van der Waals surface area (Å²) in [5.74, 6) is -0.387. The molecule has 4 heterocycles. The van der Waals surface area contributed by atoms with Crippen molar-refractivity contribution in [2.24, 2.45) is 11.8 Å². The van der Waals surface area contributed by atoms with E-state index in [0.29, 0.717) is 51.4 Å². The second-order valence-electron chi connectivity index (χ2n) is 10.9. The lowest BCUT2D eigenvalue weighted by atomic mass is 9.93. The number of halogens is 1. The van der Waals surface area contributed by atoms with Gasteiger partial charge in [0.05, 0.1) is 16.7 Å². The van der Waals surface area contributed by atoms with Crippen LogP contribution in [0.3, 0.4) is 0 Å². The molecule has 0 radical (unpaired) electrons. The van der Waals surface area contributed by atoms with Crippen LogP contribution in [0.2, 0.25) is 0 Å². The number of carbonyl (C=O) groups is 3. The first-order valence-electron chi connectivity index (χ1n) is 13.2. The number of pyridine rings is 1. The fourth-order valence-electron chi connectivity index (χ4n) is 5.26.